The SMILES string of the molecule is CCn1c(=O)oc2cc(NCC(O)CO)ccc21. The molecule has 0 saturated heterocycles. The van der Waals surface area contributed by atoms with Crippen LogP contribution < -0.4 is 11.1 Å². The van der Waals surface area contributed by atoms with Crippen molar-refractivity contribution in [2.24, 2.45) is 0 Å². The number of aliphatic hydroxyl groups excluding tert-OH is 2. The van der Waals surface area contributed by atoms with E-state index >= 15 is 0 Å². The van der Waals surface area contributed by atoms with E-state index in [0.717, 1.165) is 11.2 Å². The van der Waals surface area contributed by atoms with E-state index in [9.17, 15) is 9.90 Å². The van der Waals surface area contributed by atoms with E-state index in [2.05, 4.69) is 5.32 Å². The van der Waals surface area contributed by atoms with Crippen LogP contribution in [0.1, 0.15) is 6.92 Å². The zero-order valence-corrected chi connectivity index (χ0v) is 10.1. The van der Waals surface area contributed by atoms with E-state index in [1.54, 1.807) is 22.8 Å². The number of fused-ring (bicyclic) bond motifs is 1. The van der Waals surface area contributed by atoms with Crippen LogP contribution in [0, 0.1) is 0 Å². The number of anilines is 1. The summed E-state index contributed by atoms with van der Waals surface area (Å²) in [6.07, 6.45) is -0.812. The average molecular weight is 252 g/mol. The second-order valence-electron chi connectivity index (χ2n) is 4.01. The molecule has 1 unspecified atom stereocenters. The van der Waals surface area contributed by atoms with Crippen molar-refractivity contribution < 1.29 is 14.6 Å². The molecule has 18 heavy (non-hydrogen) atoms. The van der Waals surface area contributed by atoms with Crippen molar-refractivity contribution in [1.29, 1.82) is 0 Å². The summed E-state index contributed by atoms with van der Waals surface area (Å²) < 4.78 is 6.66. The summed E-state index contributed by atoms with van der Waals surface area (Å²) in [5, 5.41) is 20.9. The van der Waals surface area contributed by atoms with Crippen LogP contribution in [0.2, 0.25) is 0 Å². The quantitative estimate of drug-likeness (QED) is 0.716. The Kier molecular flexibility index (Phi) is 3.69. The minimum atomic E-state index is -0.812. The van der Waals surface area contributed by atoms with Gasteiger partial charge in [0.25, 0.3) is 0 Å². The summed E-state index contributed by atoms with van der Waals surface area (Å²) in [7, 11) is 0. The lowest BCUT2D eigenvalue weighted by atomic mass is 10.2. The van der Waals surface area contributed by atoms with Crippen LogP contribution in [0.4, 0.5) is 5.69 Å². The van der Waals surface area contributed by atoms with E-state index in [0.29, 0.717) is 12.1 Å². The van der Waals surface area contributed by atoms with Gasteiger partial charge in [0, 0.05) is 24.8 Å². The summed E-state index contributed by atoms with van der Waals surface area (Å²) in [6, 6.07) is 5.29. The van der Waals surface area contributed by atoms with Crippen LogP contribution in [0.3, 0.4) is 0 Å². The molecule has 0 fully saturated rings. The monoisotopic (exact) mass is 252 g/mol. The first-order chi connectivity index (χ1) is 8.65. The Balaban J connectivity index is 2.25. The Morgan fingerprint density at radius 3 is 2.94 bits per heavy atom. The first-order valence-electron chi connectivity index (χ1n) is 5.82. The lowest BCUT2D eigenvalue weighted by molar-refractivity contribution is 0.105. The second-order valence-corrected chi connectivity index (χ2v) is 4.01. The highest BCUT2D eigenvalue weighted by Crippen LogP contribution is 2.18. The van der Waals surface area contributed by atoms with Crippen molar-refractivity contribution in [2.45, 2.75) is 19.6 Å². The molecule has 6 nitrogen and oxygen atoms in total. The number of aliphatic hydroxyl groups is 2. The zero-order valence-electron chi connectivity index (χ0n) is 10.1. The van der Waals surface area contributed by atoms with Crippen LogP contribution in [-0.4, -0.2) is 34.0 Å². The lowest BCUT2D eigenvalue weighted by Gasteiger charge is -2.09. The third-order valence-electron chi connectivity index (χ3n) is 2.74. The number of hydrogen-bond donors (Lipinski definition) is 3. The van der Waals surface area contributed by atoms with Gasteiger partial charge in [0.2, 0.25) is 0 Å². The Hall–Kier alpha value is -1.79. The highest BCUT2D eigenvalue weighted by atomic mass is 16.4. The van der Waals surface area contributed by atoms with Gasteiger partial charge in [-0.25, -0.2) is 4.79 Å². The summed E-state index contributed by atoms with van der Waals surface area (Å²) in [5.74, 6) is -0.375. The van der Waals surface area contributed by atoms with Gasteiger partial charge in [-0.1, -0.05) is 0 Å². The fourth-order valence-corrected chi connectivity index (χ4v) is 1.78. The van der Waals surface area contributed by atoms with Crippen molar-refractivity contribution in [3.8, 4) is 0 Å². The van der Waals surface area contributed by atoms with E-state index in [1.807, 2.05) is 6.92 Å². The van der Waals surface area contributed by atoms with E-state index < -0.39 is 6.10 Å². The van der Waals surface area contributed by atoms with Gasteiger partial charge >= 0.3 is 5.76 Å². The molecule has 0 spiro atoms. The van der Waals surface area contributed by atoms with Gasteiger partial charge in [0.05, 0.1) is 18.2 Å². The van der Waals surface area contributed by atoms with Gasteiger partial charge in [0.1, 0.15) is 0 Å². The van der Waals surface area contributed by atoms with Crippen molar-refractivity contribution in [3.63, 3.8) is 0 Å². The largest absolute Gasteiger partial charge is 0.419 e. The van der Waals surface area contributed by atoms with Gasteiger partial charge in [-0.2, -0.15) is 0 Å². The standard InChI is InChI=1S/C12H16N2O4/c1-2-14-10-4-3-8(13-6-9(16)7-15)5-11(10)18-12(14)17/h3-5,9,13,15-16H,2,6-7H2,1H3. The second kappa shape index (κ2) is 5.24. The summed E-state index contributed by atoms with van der Waals surface area (Å²) >= 11 is 0. The van der Waals surface area contributed by atoms with Gasteiger partial charge in [-0.05, 0) is 19.1 Å². The van der Waals surface area contributed by atoms with E-state index in [4.69, 9.17) is 9.52 Å². The zero-order chi connectivity index (χ0) is 13.1. The van der Waals surface area contributed by atoms with Crippen molar-refractivity contribution >= 4 is 16.8 Å². The van der Waals surface area contributed by atoms with Gasteiger partial charge in [-0.3, -0.25) is 4.57 Å². The number of hydrogen-bond acceptors (Lipinski definition) is 5. The molecule has 0 aliphatic rings. The summed E-state index contributed by atoms with van der Waals surface area (Å²) in [5.41, 5.74) is 1.98. The van der Waals surface area contributed by atoms with Crippen molar-refractivity contribution in [2.75, 3.05) is 18.5 Å². The molecule has 0 amide bonds. The minimum Gasteiger partial charge on any atom is -0.408 e. The molecule has 3 N–H and O–H groups in total. The smallest absolute Gasteiger partial charge is 0.408 e. The topological polar surface area (TPSA) is 87.6 Å². The highest BCUT2D eigenvalue weighted by molar-refractivity contribution is 5.77. The molecule has 1 heterocycles. The van der Waals surface area contributed by atoms with Gasteiger partial charge in [0.15, 0.2) is 5.58 Å². The molecule has 0 aliphatic carbocycles. The lowest BCUT2D eigenvalue weighted by Crippen LogP contribution is -2.22. The third-order valence-corrected chi connectivity index (χ3v) is 2.74. The minimum absolute atomic E-state index is 0.237. The number of rotatable bonds is 5. The average Bonchev–Trinajstić information content (AvgIpc) is 2.70. The maximum absolute atomic E-state index is 11.5. The molecule has 0 saturated carbocycles. The predicted octanol–water partition coefficient (Wildman–Crippen LogP) is 0.379. The van der Waals surface area contributed by atoms with Crippen LogP contribution in [0.5, 0.6) is 0 Å². The summed E-state index contributed by atoms with van der Waals surface area (Å²) in [6.45, 7) is 2.37. The molecule has 1 atom stereocenters. The van der Waals surface area contributed by atoms with Crippen molar-refractivity contribution in [3.05, 3.63) is 28.7 Å². The molecule has 1 aromatic heterocycles. The van der Waals surface area contributed by atoms with Gasteiger partial charge in [-0.15, -0.1) is 0 Å². The Morgan fingerprint density at radius 1 is 1.50 bits per heavy atom. The molecule has 2 rings (SSSR count). The fourth-order valence-electron chi connectivity index (χ4n) is 1.78. The molecule has 0 aliphatic heterocycles. The predicted molar refractivity (Wildman–Crippen MR) is 67.7 cm³/mol. The molecule has 0 radical (unpaired) electrons. The molecular formula is C12H16N2O4. The fraction of sp³-hybridized carbons (Fsp3) is 0.417. The molecular weight excluding hydrogens is 236 g/mol. The Labute approximate surface area is 103 Å². The highest BCUT2D eigenvalue weighted by Gasteiger charge is 2.08. The number of aromatic nitrogens is 1. The first kappa shape index (κ1) is 12.7. The summed E-state index contributed by atoms with van der Waals surface area (Å²) in [4.78, 5) is 11.5. The molecule has 6 heteroatoms. The number of benzene rings is 1. The molecule has 1 aromatic carbocycles. The van der Waals surface area contributed by atoms with Crippen LogP contribution in [-0.2, 0) is 6.54 Å². The van der Waals surface area contributed by atoms with Crippen molar-refractivity contribution in [1.82, 2.24) is 4.57 Å². The van der Waals surface area contributed by atoms with E-state index in [-0.39, 0.29) is 18.9 Å². The Morgan fingerprint density at radius 2 is 2.28 bits per heavy atom. The molecule has 0 bridgehead atoms. The van der Waals surface area contributed by atoms with Crippen LogP contribution in [0.25, 0.3) is 11.1 Å². The first-order valence-corrected chi connectivity index (χ1v) is 5.82. The maximum atomic E-state index is 11.5. The van der Waals surface area contributed by atoms with Crippen LogP contribution >= 0.6 is 0 Å². The van der Waals surface area contributed by atoms with Gasteiger partial charge < -0.3 is 19.9 Å². The van der Waals surface area contributed by atoms with Crippen LogP contribution in [0.15, 0.2) is 27.4 Å². The molecule has 2 aromatic rings. The third kappa shape index (κ3) is 2.39. The maximum Gasteiger partial charge on any atom is 0.419 e. The number of nitrogens with zero attached hydrogens (tertiary/aromatic N) is 1. The normalized spacial score (nSPS) is 12.8. The molecule has 98 valence electrons. The van der Waals surface area contributed by atoms with E-state index in [1.165, 1.54) is 0 Å². The number of nitrogens with one attached hydrogen (secondary N) is 1. The number of oxazole rings is 1. The number of aryl methyl sites for hydroxylation is 1. The Bertz CT molecular complexity index is 587.